The van der Waals surface area contributed by atoms with E-state index in [4.69, 9.17) is 0 Å². The third kappa shape index (κ3) is 3.54. The van der Waals surface area contributed by atoms with Crippen molar-refractivity contribution in [3.05, 3.63) is 47.3 Å². The Balaban J connectivity index is 1.62. The van der Waals surface area contributed by atoms with Gasteiger partial charge in [-0.2, -0.15) is 0 Å². The van der Waals surface area contributed by atoms with E-state index in [1.807, 2.05) is 11.3 Å². The highest BCUT2D eigenvalue weighted by atomic mass is 32.1. The lowest BCUT2D eigenvalue weighted by atomic mass is 10.00. The van der Waals surface area contributed by atoms with Crippen LogP contribution in [0.4, 0.5) is 0 Å². The number of piperidine rings is 1. The lowest BCUT2D eigenvalue weighted by Crippen LogP contribution is -2.51. The molecule has 1 N–H and O–H groups in total. The van der Waals surface area contributed by atoms with E-state index < -0.39 is 0 Å². The van der Waals surface area contributed by atoms with E-state index in [1.165, 1.54) is 34.6 Å². The van der Waals surface area contributed by atoms with Crippen molar-refractivity contribution < 1.29 is 0 Å². The van der Waals surface area contributed by atoms with Crippen LogP contribution in [0.5, 0.6) is 0 Å². The van der Waals surface area contributed by atoms with Crippen molar-refractivity contribution in [1.82, 2.24) is 10.4 Å². The van der Waals surface area contributed by atoms with Gasteiger partial charge in [0.2, 0.25) is 0 Å². The van der Waals surface area contributed by atoms with Crippen LogP contribution in [0, 0.1) is 0 Å². The van der Waals surface area contributed by atoms with E-state index in [9.17, 15) is 0 Å². The molecule has 0 amide bonds. The molecule has 1 aliphatic rings. The monoisotopic (exact) mass is 300 g/mol. The van der Waals surface area contributed by atoms with Crippen LogP contribution >= 0.6 is 11.3 Å². The number of hydrogen-bond donors (Lipinski definition) is 1. The van der Waals surface area contributed by atoms with Gasteiger partial charge in [0.15, 0.2) is 0 Å². The zero-order valence-electron chi connectivity index (χ0n) is 12.9. The summed E-state index contributed by atoms with van der Waals surface area (Å²) in [5, 5.41) is 2.45. The lowest BCUT2D eigenvalue weighted by Gasteiger charge is -2.39. The minimum absolute atomic E-state index is 0.641. The highest BCUT2D eigenvalue weighted by Crippen LogP contribution is 2.28. The Labute approximate surface area is 131 Å². The van der Waals surface area contributed by atoms with Crippen molar-refractivity contribution >= 4 is 11.3 Å². The zero-order chi connectivity index (χ0) is 14.7. The van der Waals surface area contributed by atoms with Crippen LogP contribution in [-0.4, -0.2) is 17.1 Å². The highest BCUT2D eigenvalue weighted by Gasteiger charge is 2.24. The van der Waals surface area contributed by atoms with Gasteiger partial charge in [0.25, 0.3) is 0 Å². The fourth-order valence-corrected chi connectivity index (χ4v) is 4.08. The minimum Gasteiger partial charge on any atom is -0.249 e. The topological polar surface area (TPSA) is 15.3 Å². The fraction of sp³-hybridized carbons (Fsp3) is 0.444. The summed E-state index contributed by atoms with van der Waals surface area (Å²) in [4.78, 5) is 2.76. The molecule has 0 spiro atoms. The molecule has 3 rings (SSSR count). The smallest absolute Gasteiger partial charge is 0.0447 e. The van der Waals surface area contributed by atoms with E-state index in [1.54, 1.807) is 0 Å². The molecule has 1 aromatic heterocycles. The second kappa shape index (κ2) is 6.73. The molecule has 1 fully saturated rings. The standard InChI is InChI=1S/C18H24N2S/c1-14-7-6-8-15(2)20(14)19-13-17-11-12-18(21-17)16-9-4-3-5-10-16/h3-5,9-12,14-15,19H,6-8,13H2,1-2H3. The Morgan fingerprint density at radius 1 is 1.05 bits per heavy atom. The summed E-state index contributed by atoms with van der Waals surface area (Å²) in [5.74, 6) is 0. The first-order valence-electron chi connectivity index (χ1n) is 7.90. The van der Waals surface area contributed by atoms with Crippen LogP contribution < -0.4 is 5.43 Å². The second-order valence-electron chi connectivity index (χ2n) is 6.00. The molecule has 1 aromatic carbocycles. The van der Waals surface area contributed by atoms with E-state index in [2.05, 4.69) is 66.7 Å². The summed E-state index contributed by atoms with van der Waals surface area (Å²) in [6, 6.07) is 16.4. The number of nitrogens with one attached hydrogen (secondary N) is 1. The maximum absolute atomic E-state index is 3.65. The molecule has 0 radical (unpaired) electrons. The normalized spacial score (nSPS) is 23.3. The van der Waals surface area contributed by atoms with E-state index >= 15 is 0 Å². The summed E-state index contributed by atoms with van der Waals surface area (Å²) in [6.07, 6.45) is 3.96. The number of thiophene rings is 1. The van der Waals surface area contributed by atoms with Crippen LogP contribution in [0.2, 0.25) is 0 Å². The first-order valence-corrected chi connectivity index (χ1v) is 8.71. The van der Waals surface area contributed by atoms with Gasteiger partial charge >= 0.3 is 0 Å². The maximum Gasteiger partial charge on any atom is 0.0447 e. The largest absolute Gasteiger partial charge is 0.249 e. The Morgan fingerprint density at radius 2 is 1.76 bits per heavy atom. The van der Waals surface area contributed by atoms with Crippen LogP contribution in [0.25, 0.3) is 10.4 Å². The third-order valence-corrected chi connectivity index (χ3v) is 5.48. The molecule has 2 atom stereocenters. The fourth-order valence-electron chi connectivity index (χ4n) is 3.13. The van der Waals surface area contributed by atoms with Gasteiger partial charge in [-0.05, 0) is 44.4 Å². The molecule has 3 heteroatoms. The zero-order valence-corrected chi connectivity index (χ0v) is 13.7. The van der Waals surface area contributed by atoms with Crippen molar-refractivity contribution in [3.63, 3.8) is 0 Å². The molecule has 2 aromatic rings. The number of rotatable bonds is 4. The molecule has 0 bridgehead atoms. The van der Waals surface area contributed by atoms with Gasteiger partial charge < -0.3 is 0 Å². The van der Waals surface area contributed by atoms with E-state index in [0.29, 0.717) is 12.1 Å². The SMILES string of the molecule is CC1CCCC(C)N1NCc1ccc(-c2ccccc2)s1. The van der Waals surface area contributed by atoms with Gasteiger partial charge in [-0.3, -0.25) is 0 Å². The van der Waals surface area contributed by atoms with E-state index in [0.717, 1.165) is 6.54 Å². The summed E-state index contributed by atoms with van der Waals surface area (Å²) >= 11 is 1.89. The van der Waals surface area contributed by atoms with E-state index in [-0.39, 0.29) is 0 Å². The second-order valence-corrected chi connectivity index (χ2v) is 7.17. The Morgan fingerprint density at radius 3 is 2.48 bits per heavy atom. The van der Waals surface area contributed by atoms with Gasteiger partial charge in [0.1, 0.15) is 0 Å². The Bertz CT molecular complexity index is 554. The molecule has 0 aliphatic carbocycles. The quantitative estimate of drug-likeness (QED) is 0.881. The van der Waals surface area contributed by atoms with Crippen molar-refractivity contribution in [2.45, 2.75) is 51.7 Å². The molecule has 112 valence electrons. The molecule has 2 unspecified atom stereocenters. The molecule has 2 heterocycles. The van der Waals surface area contributed by atoms with Crippen molar-refractivity contribution in [3.8, 4) is 10.4 Å². The molecular weight excluding hydrogens is 276 g/mol. The first-order chi connectivity index (χ1) is 10.2. The summed E-state index contributed by atoms with van der Waals surface area (Å²) in [6.45, 7) is 5.59. The van der Waals surface area contributed by atoms with Gasteiger partial charge in [0.05, 0.1) is 0 Å². The lowest BCUT2D eigenvalue weighted by molar-refractivity contribution is 0.0439. The van der Waals surface area contributed by atoms with Crippen molar-refractivity contribution in [1.29, 1.82) is 0 Å². The van der Waals surface area contributed by atoms with Gasteiger partial charge in [-0.15, -0.1) is 11.3 Å². The van der Waals surface area contributed by atoms with Crippen LogP contribution in [-0.2, 0) is 6.54 Å². The number of benzene rings is 1. The maximum atomic E-state index is 3.65. The van der Waals surface area contributed by atoms with Gasteiger partial charge in [0, 0.05) is 28.4 Å². The average Bonchev–Trinajstić information content (AvgIpc) is 2.97. The predicted octanol–water partition coefficient (Wildman–Crippen LogP) is 4.68. The molecule has 2 nitrogen and oxygen atoms in total. The minimum atomic E-state index is 0.641. The number of nitrogens with zero attached hydrogens (tertiary/aromatic N) is 1. The Hall–Kier alpha value is -1.16. The highest BCUT2D eigenvalue weighted by molar-refractivity contribution is 7.15. The van der Waals surface area contributed by atoms with Gasteiger partial charge in [-0.25, -0.2) is 10.4 Å². The summed E-state index contributed by atoms with van der Waals surface area (Å²) < 4.78 is 0. The molecular formula is C18H24N2S. The van der Waals surface area contributed by atoms with Crippen LogP contribution in [0.1, 0.15) is 38.0 Å². The van der Waals surface area contributed by atoms with Crippen molar-refractivity contribution in [2.24, 2.45) is 0 Å². The average molecular weight is 300 g/mol. The van der Waals surface area contributed by atoms with Crippen LogP contribution in [0.15, 0.2) is 42.5 Å². The van der Waals surface area contributed by atoms with Crippen molar-refractivity contribution in [2.75, 3.05) is 0 Å². The summed E-state index contributed by atoms with van der Waals surface area (Å²) in [5.41, 5.74) is 4.96. The number of hydrazine groups is 1. The van der Waals surface area contributed by atoms with Crippen LogP contribution in [0.3, 0.4) is 0 Å². The predicted molar refractivity (Wildman–Crippen MR) is 91.2 cm³/mol. The molecule has 1 saturated heterocycles. The molecule has 1 aliphatic heterocycles. The van der Waals surface area contributed by atoms with Gasteiger partial charge in [-0.1, -0.05) is 36.8 Å². The molecule has 21 heavy (non-hydrogen) atoms. The first kappa shape index (κ1) is 14.8. The Kier molecular flexibility index (Phi) is 4.73. The number of hydrogen-bond acceptors (Lipinski definition) is 3. The molecule has 0 saturated carbocycles. The third-order valence-electron chi connectivity index (χ3n) is 4.35. The summed E-state index contributed by atoms with van der Waals surface area (Å²) in [7, 11) is 0.